The second kappa shape index (κ2) is 6.90. The Balaban J connectivity index is 2.70. The van der Waals surface area contributed by atoms with Gasteiger partial charge in [-0.3, -0.25) is 4.79 Å². The lowest BCUT2D eigenvalue weighted by Gasteiger charge is -2.04. The summed E-state index contributed by atoms with van der Waals surface area (Å²) in [6.45, 7) is 0. The Morgan fingerprint density at radius 3 is 2.42 bits per heavy atom. The highest BCUT2D eigenvalue weighted by Crippen LogP contribution is 2.14. The molecule has 0 radical (unpaired) electrons. The quantitative estimate of drug-likeness (QED) is 0.769. The topological polar surface area (TPSA) is 95.2 Å². The number of carboxylic acids is 1. The molecule has 0 aliphatic carbocycles. The van der Waals surface area contributed by atoms with Crippen LogP contribution in [0.5, 0.6) is 0 Å². The van der Waals surface area contributed by atoms with Crippen molar-refractivity contribution in [1.82, 2.24) is 0 Å². The third-order valence-electron chi connectivity index (χ3n) is 2.61. The summed E-state index contributed by atoms with van der Waals surface area (Å²) in [4.78, 5) is 10.6. The molecule has 0 saturated heterocycles. The molecule has 0 aliphatic rings. The first kappa shape index (κ1) is 15.2. The molecule has 0 heterocycles. The van der Waals surface area contributed by atoms with Gasteiger partial charge in [-0.05, 0) is 30.5 Å². The average Bonchev–Trinajstić information content (AvgIpc) is 2.37. The van der Waals surface area contributed by atoms with Crippen LogP contribution in [0.2, 0.25) is 0 Å². The SMILES string of the molecule is N#CCCCS(=O)(=O)c1ccc(CCC(=O)O)cc1. The minimum absolute atomic E-state index is 0.0221. The standard InChI is InChI=1S/C13H15NO4S/c14-9-1-2-10-19(17,18)12-6-3-11(4-7-12)5-8-13(15)16/h3-4,6-7H,1-2,5,8,10H2,(H,15,16). The van der Waals surface area contributed by atoms with E-state index in [9.17, 15) is 13.2 Å². The number of nitrogens with zero attached hydrogens (tertiary/aromatic N) is 1. The van der Waals surface area contributed by atoms with Crippen LogP contribution in [0.4, 0.5) is 0 Å². The van der Waals surface area contributed by atoms with Gasteiger partial charge in [-0.15, -0.1) is 0 Å². The van der Waals surface area contributed by atoms with Gasteiger partial charge in [0.25, 0.3) is 0 Å². The molecule has 0 atom stereocenters. The predicted molar refractivity (Wildman–Crippen MR) is 69.3 cm³/mol. The molecule has 1 aromatic rings. The van der Waals surface area contributed by atoms with Gasteiger partial charge in [0.15, 0.2) is 9.84 Å². The largest absolute Gasteiger partial charge is 0.481 e. The number of sulfone groups is 1. The zero-order chi connectivity index (χ0) is 14.3. The summed E-state index contributed by atoms with van der Waals surface area (Å²) >= 11 is 0. The van der Waals surface area contributed by atoms with Gasteiger partial charge in [0.1, 0.15) is 0 Å². The highest BCUT2D eigenvalue weighted by molar-refractivity contribution is 7.91. The van der Waals surface area contributed by atoms with Crippen molar-refractivity contribution in [3.63, 3.8) is 0 Å². The summed E-state index contributed by atoms with van der Waals surface area (Å²) in [5.74, 6) is -0.928. The summed E-state index contributed by atoms with van der Waals surface area (Å²) in [6.07, 6.45) is 0.938. The summed E-state index contributed by atoms with van der Waals surface area (Å²) in [7, 11) is -3.35. The van der Waals surface area contributed by atoms with Crippen LogP contribution in [0, 0.1) is 11.3 Å². The first-order chi connectivity index (χ1) is 8.95. The van der Waals surface area contributed by atoms with Gasteiger partial charge < -0.3 is 5.11 Å². The Morgan fingerprint density at radius 1 is 1.26 bits per heavy atom. The van der Waals surface area contributed by atoms with Crippen LogP contribution < -0.4 is 0 Å². The Bertz CT molecular complexity index is 570. The summed E-state index contributed by atoms with van der Waals surface area (Å²) in [5, 5.41) is 16.9. The summed E-state index contributed by atoms with van der Waals surface area (Å²) < 4.78 is 23.8. The molecular formula is C13H15NO4S. The number of carbonyl (C=O) groups is 1. The lowest BCUT2D eigenvalue weighted by molar-refractivity contribution is -0.136. The third kappa shape index (κ3) is 5.10. The van der Waals surface area contributed by atoms with E-state index in [2.05, 4.69) is 0 Å². The van der Waals surface area contributed by atoms with Gasteiger partial charge in [0.05, 0.1) is 16.7 Å². The lowest BCUT2D eigenvalue weighted by atomic mass is 10.1. The number of aryl methyl sites for hydroxylation is 1. The number of carboxylic acid groups (broad SMARTS) is 1. The van der Waals surface area contributed by atoms with E-state index in [4.69, 9.17) is 10.4 Å². The van der Waals surface area contributed by atoms with Crippen molar-refractivity contribution in [3.8, 4) is 6.07 Å². The van der Waals surface area contributed by atoms with Crippen LogP contribution >= 0.6 is 0 Å². The highest BCUT2D eigenvalue weighted by Gasteiger charge is 2.13. The molecular weight excluding hydrogens is 266 g/mol. The van der Waals surface area contributed by atoms with Crippen molar-refractivity contribution in [2.75, 3.05) is 5.75 Å². The molecule has 0 bridgehead atoms. The number of benzene rings is 1. The Labute approximate surface area is 112 Å². The van der Waals surface area contributed by atoms with E-state index in [1.54, 1.807) is 12.1 Å². The molecule has 0 unspecified atom stereocenters. The fourth-order valence-corrected chi connectivity index (χ4v) is 2.88. The van der Waals surface area contributed by atoms with Crippen molar-refractivity contribution in [3.05, 3.63) is 29.8 Å². The number of hydrogen-bond donors (Lipinski definition) is 1. The van der Waals surface area contributed by atoms with Crippen LogP contribution in [0.3, 0.4) is 0 Å². The van der Waals surface area contributed by atoms with Crippen molar-refractivity contribution >= 4 is 15.8 Å². The van der Waals surface area contributed by atoms with Gasteiger partial charge in [-0.25, -0.2) is 8.42 Å². The number of nitriles is 1. The first-order valence-corrected chi connectivity index (χ1v) is 7.51. The number of aliphatic carboxylic acids is 1. The smallest absolute Gasteiger partial charge is 0.303 e. The van der Waals surface area contributed by atoms with Crippen molar-refractivity contribution < 1.29 is 18.3 Å². The Kier molecular flexibility index (Phi) is 5.52. The number of rotatable bonds is 7. The molecule has 102 valence electrons. The molecule has 0 saturated carbocycles. The number of unbranched alkanes of at least 4 members (excludes halogenated alkanes) is 1. The zero-order valence-electron chi connectivity index (χ0n) is 10.4. The lowest BCUT2D eigenvalue weighted by Crippen LogP contribution is -2.07. The van der Waals surface area contributed by atoms with E-state index < -0.39 is 15.8 Å². The second-order valence-corrected chi connectivity index (χ2v) is 6.23. The maximum atomic E-state index is 11.9. The van der Waals surface area contributed by atoms with Crippen molar-refractivity contribution in [2.24, 2.45) is 0 Å². The van der Waals surface area contributed by atoms with E-state index in [1.165, 1.54) is 12.1 Å². The molecule has 0 aromatic heterocycles. The Morgan fingerprint density at radius 2 is 1.89 bits per heavy atom. The maximum absolute atomic E-state index is 11.9. The number of hydrogen-bond acceptors (Lipinski definition) is 4. The molecule has 6 heteroatoms. The normalized spacial score (nSPS) is 10.9. The third-order valence-corrected chi connectivity index (χ3v) is 4.43. The molecule has 0 aliphatic heterocycles. The monoisotopic (exact) mass is 281 g/mol. The van der Waals surface area contributed by atoms with E-state index >= 15 is 0 Å². The van der Waals surface area contributed by atoms with E-state index in [0.717, 1.165) is 5.56 Å². The fraction of sp³-hybridized carbons (Fsp3) is 0.385. The molecule has 0 spiro atoms. The van der Waals surface area contributed by atoms with Crippen LogP contribution in [0.25, 0.3) is 0 Å². The van der Waals surface area contributed by atoms with Crippen LogP contribution in [0.1, 0.15) is 24.8 Å². The Hall–Kier alpha value is -1.87. The van der Waals surface area contributed by atoms with Gasteiger partial charge in [0, 0.05) is 12.8 Å². The minimum Gasteiger partial charge on any atom is -0.481 e. The maximum Gasteiger partial charge on any atom is 0.303 e. The van der Waals surface area contributed by atoms with Crippen LogP contribution in [-0.2, 0) is 21.1 Å². The first-order valence-electron chi connectivity index (χ1n) is 5.86. The van der Waals surface area contributed by atoms with Crippen LogP contribution in [-0.4, -0.2) is 25.2 Å². The zero-order valence-corrected chi connectivity index (χ0v) is 11.2. The molecule has 1 rings (SSSR count). The average molecular weight is 281 g/mol. The molecule has 19 heavy (non-hydrogen) atoms. The fourth-order valence-electron chi connectivity index (χ4n) is 1.57. The van der Waals surface area contributed by atoms with E-state index in [-0.39, 0.29) is 23.5 Å². The molecule has 0 fully saturated rings. The van der Waals surface area contributed by atoms with Crippen LogP contribution in [0.15, 0.2) is 29.2 Å². The van der Waals surface area contributed by atoms with Gasteiger partial charge >= 0.3 is 5.97 Å². The molecule has 0 amide bonds. The summed E-state index contributed by atoms with van der Waals surface area (Å²) in [6, 6.07) is 8.13. The predicted octanol–water partition coefficient (Wildman–Crippen LogP) is 1.78. The van der Waals surface area contributed by atoms with Gasteiger partial charge in [0.2, 0.25) is 0 Å². The van der Waals surface area contributed by atoms with E-state index in [0.29, 0.717) is 12.8 Å². The second-order valence-electron chi connectivity index (χ2n) is 4.12. The summed E-state index contributed by atoms with van der Waals surface area (Å²) in [5.41, 5.74) is 0.790. The minimum atomic E-state index is -3.35. The molecule has 5 nitrogen and oxygen atoms in total. The highest BCUT2D eigenvalue weighted by atomic mass is 32.2. The van der Waals surface area contributed by atoms with E-state index in [1.807, 2.05) is 6.07 Å². The van der Waals surface area contributed by atoms with Gasteiger partial charge in [-0.1, -0.05) is 12.1 Å². The van der Waals surface area contributed by atoms with Gasteiger partial charge in [-0.2, -0.15) is 5.26 Å². The van der Waals surface area contributed by atoms with Crippen molar-refractivity contribution in [1.29, 1.82) is 5.26 Å². The molecule has 1 N–H and O–H groups in total. The molecule has 1 aromatic carbocycles. The van der Waals surface area contributed by atoms with Crippen molar-refractivity contribution in [2.45, 2.75) is 30.6 Å².